The van der Waals surface area contributed by atoms with Crippen molar-refractivity contribution in [1.82, 2.24) is 4.90 Å². The molecule has 1 amide bonds. The molecule has 6 nitrogen and oxygen atoms in total. The van der Waals surface area contributed by atoms with Gasteiger partial charge in [0.15, 0.2) is 0 Å². The molecule has 0 unspecified atom stereocenters. The minimum absolute atomic E-state index is 0.00145. The number of nitrogens with one attached hydrogen (secondary N) is 1. The summed E-state index contributed by atoms with van der Waals surface area (Å²) in [4.78, 5) is 13.6. The Kier molecular flexibility index (Phi) is 6.57. The quantitative estimate of drug-likeness (QED) is 0.792. The van der Waals surface area contributed by atoms with Crippen molar-refractivity contribution in [2.24, 2.45) is 0 Å². The molecule has 0 radical (unpaired) electrons. The van der Waals surface area contributed by atoms with Crippen LogP contribution in [0.2, 0.25) is 5.02 Å². The normalized spacial score (nSPS) is 10.5. The van der Waals surface area contributed by atoms with Crippen molar-refractivity contribution >= 4 is 23.2 Å². The maximum Gasteiger partial charge on any atom is 0.238 e. The standard InChI is InChI=1S/C13H19ClN2O4/c1-16(4-5-17)8-13(18)15-10-6-9(14)11(19-2)7-12(10)20-3/h6-7,17H,4-5,8H2,1-3H3,(H,15,18). The number of amides is 1. The SMILES string of the molecule is COc1cc(OC)c(NC(=O)CN(C)CCO)cc1Cl. The molecule has 0 fully saturated rings. The predicted octanol–water partition coefficient (Wildman–Crippen LogP) is 1.22. The first kappa shape index (κ1) is 16.6. The van der Waals surface area contributed by atoms with Gasteiger partial charge < -0.3 is 19.9 Å². The van der Waals surface area contributed by atoms with Crippen LogP contribution in [-0.2, 0) is 4.79 Å². The summed E-state index contributed by atoms with van der Waals surface area (Å²) >= 11 is 6.02. The number of anilines is 1. The number of benzene rings is 1. The molecule has 0 aliphatic carbocycles. The van der Waals surface area contributed by atoms with Crippen LogP contribution in [-0.4, -0.2) is 56.9 Å². The van der Waals surface area contributed by atoms with E-state index in [2.05, 4.69) is 5.32 Å². The fourth-order valence-electron chi connectivity index (χ4n) is 1.64. The van der Waals surface area contributed by atoms with Gasteiger partial charge in [-0.2, -0.15) is 0 Å². The Hall–Kier alpha value is -1.50. The molecule has 1 aromatic rings. The zero-order valence-corrected chi connectivity index (χ0v) is 12.5. The molecular formula is C13H19ClN2O4. The monoisotopic (exact) mass is 302 g/mol. The van der Waals surface area contributed by atoms with E-state index < -0.39 is 0 Å². The molecule has 1 aromatic carbocycles. The first-order valence-electron chi connectivity index (χ1n) is 6.02. The molecule has 0 spiro atoms. The van der Waals surface area contributed by atoms with Crippen molar-refractivity contribution in [3.05, 3.63) is 17.2 Å². The number of hydrogen-bond acceptors (Lipinski definition) is 5. The molecule has 0 saturated carbocycles. The summed E-state index contributed by atoms with van der Waals surface area (Å²) in [6.45, 7) is 0.586. The average Bonchev–Trinajstić information content (AvgIpc) is 2.39. The maximum atomic E-state index is 11.9. The Morgan fingerprint density at radius 1 is 1.35 bits per heavy atom. The number of carbonyl (C=O) groups is 1. The van der Waals surface area contributed by atoms with Crippen LogP contribution in [0, 0.1) is 0 Å². The van der Waals surface area contributed by atoms with Crippen LogP contribution in [0.1, 0.15) is 0 Å². The third-order valence-electron chi connectivity index (χ3n) is 2.64. The van der Waals surface area contributed by atoms with E-state index in [-0.39, 0.29) is 19.1 Å². The van der Waals surface area contributed by atoms with E-state index in [0.29, 0.717) is 28.8 Å². The van der Waals surface area contributed by atoms with Crippen molar-refractivity contribution in [1.29, 1.82) is 0 Å². The molecular weight excluding hydrogens is 284 g/mol. The number of nitrogens with zero attached hydrogens (tertiary/aromatic N) is 1. The lowest BCUT2D eigenvalue weighted by molar-refractivity contribution is -0.117. The van der Waals surface area contributed by atoms with Crippen molar-refractivity contribution in [3.63, 3.8) is 0 Å². The van der Waals surface area contributed by atoms with Gasteiger partial charge in [-0.3, -0.25) is 9.69 Å². The van der Waals surface area contributed by atoms with Crippen molar-refractivity contribution in [2.75, 3.05) is 46.3 Å². The van der Waals surface area contributed by atoms with Gasteiger partial charge in [0.05, 0.1) is 38.1 Å². The highest BCUT2D eigenvalue weighted by Gasteiger charge is 2.13. The van der Waals surface area contributed by atoms with E-state index in [1.165, 1.54) is 14.2 Å². The predicted molar refractivity (Wildman–Crippen MR) is 77.8 cm³/mol. The fourth-order valence-corrected chi connectivity index (χ4v) is 1.88. The van der Waals surface area contributed by atoms with Gasteiger partial charge in [0.25, 0.3) is 0 Å². The minimum Gasteiger partial charge on any atom is -0.495 e. The number of hydrogen-bond donors (Lipinski definition) is 2. The number of aliphatic hydroxyl groups excluding tert-OH is 1. The highest BCUT2D eigenvalue weighted by Crippen LogP contribution is 2.35. The van der Waals surface area contributed by atoms with Gasteiger partial charge in [0.2, 0.25) is 5.91 Å². The number of ether oxygens (including phenoxy) is 2. The van der Waals surface area contributed by atoms with Crippen LogP contribution in [0.4, 0.5) is 5.69 Å². The lowest BCUT2D eigenvalue weighted by atomic mass is 10.2. The molecule has 0 bridgehead atoms. The van der Waals surface area contributed by atoms with Gasteiger partial charge in [-0.15, -0.1) is 0 Å². The summed E-state index contributed by atoms with van der Waals surface area (Å²) in [6, 6.07) is 3.18. The Morgan fingerprint density at radius 2 is 2.00 bits per heavy atom. The molecule has 0 saturated heterocycles. The van der Waals surface area contributed by atoms with Gasteiger partial charge in [-0.05, 0) is 13.1 Å². The van der Waals surface area contributed by atoms with Crippen LogP contribution in [0.5, 0.6) is 11.5 Å². The van der Waals surface area contributed by atoms with E-state index in [1.54, 1.807) is 24.1 Å². The maximum absolute atomic E-state index is 11.9. The van der Waals surface area contributed by atoms with E-state index in [1.807, 2.05) is 0 Å². The second-order valence-corrected chi connectivity index (χ2v) is 4.60. The van der Waals surface area contributed by atoms with Crippen molar-refractivity contribution in [3.8, 4) is 11.5 Å². The molecule has 7 heteroatoms. The minimum atomic E-state index is -0.222. The molecule has 112 valence electrons. The van der Waals surface area contributed by atoms with E-state index >= 15 is 0 Å². The van der Waals surface area contributed by atoms with E-state index in [9.17, 15) is 4.79 Å². The Balaban J connectivity index is 2.81. The lowest BCUT2D eigenvalue weighted by Gasteiger charge is -2.16. The average molecular weight is 303 g/mol. The Labute approximate surface area is 123 Å². The summed E-state index contributed by atoms with van der Waals surface area (Å²) in [6.07, 6.45) is 0. The number of carbonyl (C=O) groups excluding carboxylic acids is 1. The number of rotatable bonds is 7. The van der Waals surface area contributed by atoms with Crippen LogP contribution in [0.3, 0.4) is 0 Å². The molecule has 0 heterocycles. The largest absolute Gasteiger partial charge is 0.495 e. The second-order valence-electron chi connectivity index (χ2n) is 4.20. The highest BCUT2D eigenvalue weighted by atomic mass is 35.5. The number of likely N-dealkylation sites (N-methyl/N-ethyl adjacent to an activating group) is 1. The lowest BCUT2D eigenvalue weighted by Crippen LogP contribution is -2.32. The van der Waals surface area contributed by atoms with Crippen molar-refractivity contribution in [2.45, 2.75) is 0 Å². The van der Waals surface area contributed by atoms with Crippen LogP contribution in [0.25, 0.3) is 0 Å². The summed E-state index contributed by atoms with van der Waals surface area (Å²) in [7, 11) is 4.74. The molecule has 2 N–H and O–H groups in total. The van der Waals surface area contributed by atoms with Gasteiger partial charge in [-0.25, -0.2) is 0 Å². The van der Waals surface area contributed by atoms with Crippen LogP contribution in [0.15, 0.2) is 12.1 Å². The highest BCUT2D eigenvalue weighted by molar-refractivity contribution is 6.32. The van der Waals surface area contributed by atoms with Crippen molar-refractivity contribution < 1.29 is 19.4 Å². The van der Waals surface area contributed by atoms with Gasteiger partial charge in [0.1, 0.15) is 11.5 Å². The first-order chi connectivity index (χ1) is 9.51. The zero-order chi connectivity index (χ0) is 15.1. The number of halogens is 1. The topological polar surface area (TPSA) is 71.0 Å². The van der Waals surface area contributed by atoms with Gasteiger partial charge >= 0.3 is 0 Å². The zero-order valence-electron chi connectivity index (χ0n) is 11.8. The first-order valence-corrected chi connectivity index (χ1v) is 6.40. The summed E-state index contributed by atoms with van der Waals surface area (Å²) in [5.41, 5.74) is 0.473. The summed E-state index contributed by atoms with van der Waals surface area (Å²) in [5.74, 6) is 0.712. The smallest absolute Gasteiger partial charge is 0.238 e. The summed E-state index contributed by atoms with van der Waals surface area (Å²) < 4.78 is 10.3. The second kappa shape index (κ2) is 7.94. The molecule has 1 rings (SSSR count). The van der Waals surface area contributed by atoms with Crippen LogP contribution >= 0.6 is 11.6 Å². The van der Waals surface area contributed by atoms with E-state index in [4.69, 9.17) is 26.2 Å². The molecule has 0 atom stereocenters. The van der Waals surface area contributed by atoms with Gasteiger partial charge in [-0.1, -0.05) is 11.6 Å². The van der Waals surface area contributed by atoms with Crippen LogP contribution < -0.4 is 14.8 Å². The molecule has 0 aliphatic heterocycles. The Bertz CT molecular complexity index is 468. The third-order valence-corrected chi connectivity index (χ3v) is 2.94. The summed E-state index contributed by atoms with van der Waals surface area (Å²) in [5, 5.41) is 11.9. The third kappa shape index (κ3) is 4.56. The number of aliphatic hydroxyl groups is 1. The molecule has 0 aliphatic rings. The van der Waals surface area contributed by atoms with Gasteiger partial charge in [0, 0.05) is 12.6 Å². The fraction of sp³-hybridized carbons (Fsp3) is 0.462. The van der Waals surface area contributed by atoms with E-state index in [0.717, 1.165) is 0 Å². The molecule has 20 heavy (non-hydrogen) atoms. The Morgan fingerprint density at radius 3 is 2.55 bits per heavy atom. The molecule has 0 aromatic heterocycles. The number of methoxy groups -OCH3 is 2.